The predicted octanol–water partition coefficient (Wildman–Crippen LogP) is 0.937. The SMILES string of the molecule is CCOc1nccc(=O)n1Cc1ccc(S(=O)(=O)O)cc1. The molecule has 0 aliphatic heterocycles. The van der Waals surface area contributed by atoms with Crippen LogP contribution in [0.15, 0.2) is 46.2 Å². The lowest BCUT2D eigenvalue weighted by molar-refractivity contribution is 0.291. The summed E-state index contributed by atoms with van der Waals surface area (Å²) in [4.78, 5) is 15.6. The fourth-order valence-electron chi connectivity index (χ4n) is 1.76. The van der Waals surface area contributed by atoms with Crippen LogP contribution in [0.1, 0.15) is 12.5 Å². The molecule has 2 rings (SSSR count). The van der Waals surface area contributed by atoms with Gasteiger partial charge in [0.1, 0.15) is 0 Å². The van der Waals surface area contributed by atoms with Gasteiger partial charge in [-0.05, 0) is 24.6 Å². The van der Waals surface area contributed by atoms with E-state index in [0.29, 0.717) is 12.2 Å². The van der Waals surface area contributed by atoms with E-state index in [1.807, 2.05) is 0 Å². The predicted molar refractivity (Wildman–Crippen MR) is 75.0 cm³/mol. The molecule has 0 unspecified atom stereocenters. The van der Waals surface area contributed by atoms with Crippen molar-refractivity contribution >= 4 is 10.1 Å². The summed E-state index contributed by atoms with van der Waals surface area (Å²) < 4.78 is 37.5. The van der Waals surface area contributed by atoms with E-state index in [9.17, 15) is 13.2 Å². The van der Waals surface area contributed by atoms with Gasteiger partial charge in [0.05, 0.1) is 18.0 Å². The average molecular weight is 310 g/mol. The first-order valence-electron chi connectivity index (χ1n) is 6.17. The molecule has 0 radical (unpaired) electrons. The fourth-order valence-corrected chi connectivity index (χ4v) is 2.24. The van der Waals surface area contributed by atoms with E-state index in [4.69, 9.17) is 9.29 Å². The maximum atomic E-state index is 11.9. The van der Waals surface area contributed by atoms with E-state index in [1.54, 1.807) is 6.92 Å². The Kier molecular flexibility index (Phi) is 4.39. The summed E-state index contributed by atoms with van der Waals surface area (Å²) in [6.45, 7) is 2.34. The van der Waals surface area contributed by atoms with Crippen molar-refractivity contribution in [2.75, 3.05) is 6.61 Å². The second-order valence-electron chi connectivity index (χ2n) is 4.20. The maximum absolute atomic E-state index is 11.9. The summed E-state index contributed by atoms with van der Waals surface area (Å²) in [5.74, 6) is 0. The molecule has 0 saturated heterocycles. The van der Waals surface area contributed by atoms with E-state index in [-0.39, 0.29) is 23.0 Å². The summed E-state index contributed by atoms with van der Waals surface area (Å²) in [7, 11) is -4.22. The van der Waals surface area contributed by atoms with Crippen LogP contribution < -0.4 is 10.3 Å². The Morgan fingerprint density at radius 2 is 1.90 bits per heavy atom. The van der Waals surface area contributed by atoms with Crippen molar-refractivity contribution in [3.8, 4) is 6.01 Å². The molecule has 112 valence electrons. The Labute approximate surface area is 121 Å². The fraction of sp³-hybridized carbons (Fsp3) is 0.231. The van der Waals surface area contributed by atoms with Crippen LogP contribution in [0.25, 0.3) is 0 Å². The van der Waals surface area contributed by atoms with Gasteiger partial charge in [-0.25, -0.2) is 4.98 Å². The standard InChI is InChI=1S/C13H14N2O5S/c1-2-20-13-14-8-7-12(16)15(13)9-10-3-5-11(6-4-10)21(17,18)19/h3-8H,2,9H2,1H3,(H,17,18,19). The molecule has 0 saturated carbocycles. The normalized spacial score (nSPS) is 11.3. The number of rotatable bonds is 5. The van der Waals surface area contributed by atoms with Gasteiger partial charge in [-0.2, -0.15) is 8.42 Å². The first-order valence-corrected chi connectivity index (χ1v) is 7.61. The van der Waals surface area contributed by atoms with Crippen molar-refractivity contribution in [2.24, 2.45) is 0 Å². The minimum Gasteiger partial charge on any atom is -0.465 e. The van der Waals surface area contributed by atoms with Gasteiger partial charge in [0.2, 0.25) is 0 Å². The topological polar surface area (TPSA) is 98.5 Å². The average Bonchev–Trinajstić information content (AvgIpc) is 2.42. The van der Waals surface area contributed by atoms with Crippen LogP contribution in [-0.4, -0.2) is 29.1 Å². The van der Waals surface area contributed by atoms with Crippen LogP contribution in [0, 0.1) is 0 Å². The molecule has 0 aliphatic carbocycles. The van der Waals surface area contributed by atoms with Crippen LogP contribution >= 0.6 is 0 Å². The minimum atomic E-state index is -4.22. The largest absolute Gasteiger partial charge is 0.465 e. The first-order chi connectivity index (χ1) is 9.91. The molecule has 0 fully saturated rings. The molecule has 0 spiro atoms. The Hall–Kier alpha value is -2.19. The highest BCUT2D eigenvalue weighted by Gasteiger charge is 2.10. The molecule has 0 atom stereocenters. The van der Waals surface area contributed by atoms with E-state index in [1.165, 1.54) is 41.1 Å². The molecular weight excluding hydrogens is 296 g/mol. The summed E-state index contributed by atoms with van der Waals surface area (Å²) >= 11 is 0. The number of hydrogen-bond donors (Lipinski definition) is 1. The van der Waals surface area contributed by atoms with Gasteiger partial charge in [0.15, 0.2) is 0 Å². The summed E-state index contributed by atoms with van der Waals surface area (Å²) in [5, 5.41) is 0. The summed E-state index contributed by atoms with van der Waals surface area (Å²) in [6, 6.07) is 7.08. The van der Waals surface area contributed by atoms with Crippen LogP contribution in [0.3, 0.4) is 0 Å². The second-order valence-corrected chi connectivity index (χ2v) is 5.63. The third kappa shape index (κ3) is 3.67. The van der Waals surface area contributed by atoms with Gasteiger partial charge in [0, 0.05) is 12.3 Å². The third-order valence-corrected chi connectivity index (χ3v) is 3.60. The number of hydrogen-bond acceptors (Lipinski definition) is 5. The zero-order chi connectivity index (χ0) is 15.5. The van der Waals surface area contributed by atoms with Gasteiger partial charge in [-0.15, -0.1) is 0 Å². The minimum absolute atomic E-state index is 0.188. The molecule has 1 aromatic carbocycles. The molecule has 2 aromatic rings. The van der Waals surface area contributed by atoms with Crippen LogP contribution in [0.2, 0.25) is 0 Å². The lowest BCUT2D eigenvalue weighted by atomic mass is 10.2. The maximum Gasteiger partial charge on any atom is 0.299 e. The van der Waals surface area contributed by atoms with E-state index in [2.05, 4.69) is 4.98 Å². The van der Waals surface area contributed by atoms with Crippen molar-refractivity contribution < 1.29 is 17.7 Å². The zero-order valence-corrected chi connectivity index (χ0v) is 12.1. The molecule has 7 nitrogen and oxygen atoms in total. The molecule has 0 amide bonds. The zero-order valence-electron chi connectivity index (χ0n) is 11.3. The Morgan fingerprint density at radius 3 is 2.48 bits per heavy atom. The van der Waals surface area contributed by atoms with Crippen molar-refractivity contribution in [3.05, 3.63) is 52.4 Å². The van der Waals surface area contributed by atoms with Crippen molar-refractivity contribution in [1.82, 2.24) is 9.55 Å². The highest BCUT2D eigenvalue weighted by atomic mass is 32.2. The van der Waals surface area contributed by atoms with Crippen molar-refractivity contribution in [2.45, 2.75) is 18.4 Å². The second kappa shape index (κ2) is 6.06. The number of aromatic nitrogens is 2. The van der Waals surface area contributed by atoms with E-state index < -0.39 is 10.1 Å². The molecule has 0 aliphatic rings. The molecule has 8 heteroatoms. The highest BCUT2D eigenvalue weighted by Crippen LogP contribution is 2.12. The Bertz CT molecular complexity index is 781. The van der Waals surface area contributed by atoms with Crippen LogP contribution in [0.4, 0.5) is 0 Å². The third-order valence-electron chi connectivity index (χ3n) is 2.73. The molecule has 0 bridgehead atoms. The van der Waals surface area contributed by atoms with Crippen LogP contribution in [-0.2, 0) is 16.7 Å². The van der Waals surface area contributed by atoms with Gasteiger partial charge in [-0.3, -0.25) is 13.9 Å². The summed E-state index contributed by atoms with van der Waals surface area (Å²) in [5.41, 5.74) is 0.408. The number of nitrogens with zero attached hydrogens (tertiary/aromatic N) is 2. The van der Waals surface area contributed by atoms with Gasteiger partial charge in [0.25, 0.3) is 21.7 Å². The molecular formula is C13H14N2O5S. The van der Waals surface area contributed by atoms with Crippen molar-refractivity contribution in [1.29, 1.82) is 0 Å². The van der Waals surface area contributed by atoms with Crippen molar-refractivity contribution in [3.63, 3.8) is 0 Å². The highest BCUT2D eigenvalue weighted by molar-refractivity contribution is 7.85. The van der Waals surface area contributed by atoms with Gasteiger partial charge in [-0.1, -0.05) is 12.1 Å². The van der Waals surface area contributed by atoms with Gasteiger partial charge < -0.3 is 4.74 Å². The molecule has 1 heterocycles. The molecule has 1 aromatic heterocycles. The molecule has 1 N–H and O–H groups in total. The number of benzene rings is 1. The quantitative estimate of drug-likeness (QED) is 0.825. The Balaban J connectivity index is 2.32. The first kappa shape index (κ1) is 15.2. The smallest absolute Gasteiger partial charge is 0.299 e. The Morgan fingerprint density at radius 1 is 1.24 bits per heavy atom. The van der Waals surface area contributed by atoms with E-state index >= 15 is 0 Å². The molecule has 21 heavy (non-hydrogen) atoms. The lowest BCUT2D eigenvalue weighted by Crippen LogP contribution is -2.22. The van der Waals surface area contributed by atoms with Crippen LogP contribution in [0.5, 0.6) is 6.01 Å². The number of ether oxygens (including phenoxy) is 1. The van der Waals surface area contributed by atoms with E-state index in [0.717, 1.165) is 0 Å². The lowest BCUT2D eigenvalue weighted by Gasteiger charge is -2.11. The summed E-state index contributed by atoms with van der Waals surface area (Å²) in [6.07, 6.45) is 1.37. The van der Waals surface area contributed by atoms with Gasteiger partial charge >= 0.3 is 0 Å². The monoisotopic (exact) mass is 310 g/mol.